The summed E-state index contributed by atoms with van der Waals surface area (Å²) in [5.74, 6) is 1.15. The zero-order chi connectivity index (χ0) is 13.7. The molecule has 1 fully saturated rings. The fourth-order valence-electron chi connectivity index (χ4n) is 3.06. The molecule has 0 bridgehead atoms. The maximum atomic E-state index is 4.57. The van der Waals surface area contributed by atoms with Crippen LogP contribution in [0.5, 0.6) is 0 Å². The van der Waals surface area contributed by atoms with Gasteiger partial charge in [0.15, 0.2) is 0 Å². The van der Waals surface area contributed by atoms with Crippen LogP contribution in [0.4, 0.5) is 5.82 Å². The molecule has 0 N–H and O–H groups in total. The number of hydrogen-bond donors (Lipinski definition) is 0. The topological polar surface area (TPSA) is 19.4 Å². The number of aryl methyl sites for hydroxylation is 1. The molecule has 0 amide bonds. The molecule has 19 heavy (non-hydrogen) atoms. The molecule has 0 spiro atoms. The Morgan fingerprint density at radius 2 is 2.05 bits per heavy atom. The van der Waals surface area contributed by atoms with Crippen LogP contribution in [0.15, 0.2) is 18.3 Å². The number of hydrogen-bond acceptors (Lipinski definition) is 3. The predicted octanol–water partition coefficient (Wildman–Crippen LogP) is 3.09. The first kappa shape index (κ1) is 14.3. The third kappa shape index (κ3) is 3.69. The summed E-state index contributed by atoms with van der Waals surface area (Å²) < 4.78 is 0. The largest absolute Gasteiger partial charge is 0.353 e. The Balaban J connectivity index is 2.02. The van der Waals surface area contributed by atoms with Crippen LogP contribution in [0, 0.1) is 6.92 Å². The van der Waals surface area contributed by atoms with Gasteiger partial charge in [-0.2, -0.15) is 0 Å². The van der Waals surface area contributed by atoms with E-state index in [0.717, 1.165) is 18.9 Å². The highest BCUT2D eigenvalue weighted by atomic mass is 15.2. The number of aromatic nitrogens is 1. The van der Waals surface area contributed by atoms with Gasteiger partial charge in [0.2, 0.25) is 0 Å². The highest BCUT2D eigenvalue weighted by Crippen LogP contribution is 2.19. The van der Waals surface area contributed by atoms with E-state index < -0.39 is 0 Å². The number of rotatable bonds is 5. The summed E-state index contributed by atoms with van der Waals surface area (Å²) in [6, 6.07) is 4.69. The Bertz CT molecular complexity index is 385. The monoisotopic (exact) mass is 261 g/mol. The second-order valence-corrected chi connectivity index (χ2v) is 5.64. The van der Waals surface area contributed by atoms with Crippen molar-refractivity contribution in [3.05, 3.63) is 23.9 Å². The van der Waals surface area contributed by atoms with E-state index in [9.17, 15) is 0 Å². The summed E-state index contributed by atoms with van der Waals surface area (Å²) in [6.45, 7) is 11.4. The van der Waals surface area contributed by atoms with Crippen LogP contribution < -0.4 is 4.90 Å². The molecule has 3 heteroatoms. The smallest absolute Gasteiger partial charge is 0.131 e. The predicted molar refractivity (Wildman–Crippen MR) is 81.7 cm³/mol. The molecule has 106 valence electrons. The Morgan fingerprint density at radius 1 is 1.32 bits per heavy atom. The summed E-state index contributed by atoms with van der Waals surface area (Å²) in [5, 5.41) is 0. The molecule has 1 aromatic heterocycles. The summed E-state index contributed by atoms with van der Waals surface area (Å²) in [6.07, 6.45) is 6.03. The lowest BCUT2D eigenvalue weighted by molar-refractivity contribution is 0.216. The van der Waals surface area contributed by atoms with Crippen molar-refractivity contribution in [1.29, 1.82) is 0 Å². The molecule has 1 unspecified atom stereocenters. The molecule has 0 radical (unpaired) electrons. The van der Waals surface area contributed by atoms with Crippen molar-refractivity contribution in [2.45, 2.75) is 46.1 Å². The Morgan fingerprint density at radius 3 is 2.68 bits per heavy atom. The number of likely N-dealkylation sites (tertiary alicyclic amines) is 1. The number of piperidine rings is 1. The number of nitrogens with zero attached hydrogens (tertiary/aromatic N) is 3. The molecule has 0 aliphatic carbocycles. The molecule has 3 nitrogen and oxygen atoms in total. The third-order valence-electron chi connectivity index (χ3n) is 4.10. The Kier molecular flexibility index (Phi) is 5.20. The van der Waals surface area contributed by atoms with E-state index in [4.69, 9.17) is 0 Å². The van der Waals surface area contributed by atoms with Gasteiger partial charge in [0, 0.05) is 25.3 Å². The van der Waals surface area contributed by atoms with Gasteiger partial charge in [-0.3, -0.25) is 0 Å². The Labute approximate surface area is 117 Å². The van der Waals surface area contributed by atoms with Crippen molar-refractivity contribution >= 4 is 5.82 Å². The summed E-state index contributed by atoms with van der Waals surface area (Å²) in [4.78, 5) is 9.61. The molecule has 1 aromatic rings. The summed E-state index contributed by atoms with van der Waals surface area (Å²) in [5.41, 5.74) is 1.27. The van der Waals surface area contributed by atoms with Gasteiger partial charge in [0.25, 0.3) is 0 Å². The molecular formula is C16H27N3. The number of pyridine rings is 1. The van der Waals surface area contributed by atoms with Crippen molar-refractivity contribution in [1.82, 2.24) is 9.88 Å². The zero-order valence-corrected chi connectivity index (χ0v) is 12.6. The first-order valence-electron chi connectivity index (χ1n) is 7.63. The molecule has 0 aromatic carbocycles. The SMILES string of the molecule is CCN(c1ncccc1C)C(C)CN1CCCCC1. The van der Waals surface area contributed by atoms with Crippen LogP contribution in [-0.2, 0) is 0 Å². The molecule has 2 heterocycles. The van der Waals surface area contributed by atoms with Crippen molar-refractivity contribution in [2.75, 3.05) is 31.1 Å². The van der Waals surface area contributed by atoms with Gasteiger partial charge in [-0.1, -0.05) is 12.5 Å². The molecule has 1 saturated heterocycles. The van der Waals surface area contributed by atoms with Gasteiger partial charge >= 0.3 is 0 Å². The van der Waals surface area contributed by atoms with Crippen molar-refractivity contribution in [2.24, 2.45) is 0 Å². The van der Waals surface area contributed by atoms with Crippen LogP contribution >= 0.6 is 0 Å². The van der Waals surface area contributed by atoms with Gasteiger partial charge in [-0.15, -0.1) is 0 Å². The Hall–Kier alpha value is -1.09. The van der Waals surface area contributed by atoms with Crippen molar-refractivity contribution in [3.8, 4) is 0 Å². The van der Waals surface area contributed by atoms with E-state index in [2.05, 4.69) is 41.6 Å². The van der Waals surface area contributed by atoms with Gasteiger partial charge in [0.1, 0.15) is 5.82 Å². The van der Waals surface area contributed by atoms with E-state index in [1.165, 1.54) is 37.9 Å². The second-order valence-electron chi connectivity index (χ2n) is 5.64. The first-order valence-corrected chi connectivity index (χ1v) is 7.63. The second kappa shape index (κ2) is 6.90. The van der Waals surface area contributed by atoms with E-state index >= 15 is 0 Å². The minimum absolute atomic E-state index is 0.525. The highest BCUT2D eigenvalue weighted by Gasteiger charge is 2.19. The van der Waals surface area contributed by atoms with E-state index in [1.807, 2.05) is 12.3 Å². The van der Waals surface area contributed by atoms with E-state index in [-0.39, 0.29) is 0 Å². The molecule has 0 saturated carbocycles. The van der Waals surface area contributed by atoms with Crippen LogP contribution in [-0.4, -0.2) is 42.1 Å². The van der Waals surface area contributed by atoms with Crippen LogP contribution in [0.3, 0.4) is 0 Å². The molecule has 1 aliphatic heterocycles. The minimum atomic E-state index is 0.525. The fraction of sp³-hybridized carbons (Fsp3) is 0.688. The standard InChI is InChI=1S/C16H27N3/c1-4-19(16-14(2)9-8-10-17-16)15(3)13-18-11-6-5-7-12-18/h8-10,15H,4-7,11-13H2,1-3H3. The van der Waals surface area contributed by atoms with Crippen molar-refractivity contribution < 1.29 is 0 Å². The third-order valence-corrected chi connectivity index (χ3v) is 4.10. The average Bonchev–Trinajstić information content (AvgIpc) is 2.43. The molecule has 2 rings (SSSR count). The maximum absolute atomic E-state index is 4.57. The first-order chi connectivity index (χ1) is 9.22. The quantitative estimate of drug-likeness (QED) is 0.812. The van der Waals surface area contributed by atoms with E-state index in [0.29, 0.717) is 6.04 Å². The number of anilines is 1. The lowest BCUT2D eigenvalue weighted by Gasteiger charge is -2.35. The molecule has 1 aliphatic rings. The van der Waals surface area contributed by atoms with Crippen LogP contribution in [0.1, 0.15) is 38.7 Å². The molecular weight excluding hydrogens is 234 g/mol. The molecule has 1 atom stereocenters. The van der Waals surface area contributed by atoms with Crippen molar-refractivity contribution in [3.63, 3.8) is 0 Å². The van der Waals surface area contributed by atoms with Gasteiger partial charge in [-0.25, -0.2) is 4.98 Å². The minimum Gasteiger partial charge on any atom is -0.353 e. The normalized spacial score (nSPS) is 18.3. The maximum Gasteiger partial charge on any atom is 0.131 e. The lowest BCUT2D eigenvalue weighted by atomic mass is 10.1. The highest BCUT2D eigenvalue weighted by molar-refractivity contribution is 5.46. The number of likely N-dealkylation sites (N-methyl/N-ethyl adjacent to an activating group) is 1. The summed E-state index contributed by atoms with van der Waals surface area (Å²) >= 11 is 0. The van der Waals surface area contributed by atoms with Gasteiger partial charge < -0.3 is 9.80 Å². The van der Waals surface area contributed by atoms with Crippen LogP contribution in [0.25, 0.3) is 0 Å². The fourth-order valence-corrected chi connectivity index (χ4v) is 3.06. The zero-order valence-electron chi connectivity index (χ0n) is 12.6. The average molecular weight is 261 g/mol. The van der Waals surface area contributed by atoms with E-state index in [1.54, 1.807) is 0 Å². The van der Waals surface area contributed by atoms with Crippen LogP contribution in [0.2, 0.25) is 0 Å². The summed E-state index contributed by atoms with van der Waals surface area (Å²) in [7, 11) is 0. The van der Waals surface area contributed by atoms with Gasteiger partial charge in [0.05, 0.1) is 0 Å². The van der Waals surface area contributed by atoms with Gasteiger partial charge in [-0.05, 0) is 58.3 Å². The lowest BCUT2D eigenvalue weighted by Crippen LogP contribution is -2.44.